The molecule has 0 aliphatic carbocycles. The van der Waals surface area contributed by atoms with Gasteiger partial charge < -0.3 is 24.4 Å². The van der Waals surface area contributed by atoms with E-state index < -0.39 is 0 Å². The third-order valence-electron chi connectivity index (χ3n) is 10.9. The van der Waals surface area contributed by atoms with Crippen LogP contribution in [0.3, 0.4) is 0 Å². The molecule has 5 aromatic rings. The SMILES string of the molecule is Cc1nn(C)cc1-c1nc2ncc(Cl)c(Oc3ccc(C(=O)N4CCN(CC(=O)N5CCN(c6ccc([C@@H]7CCC(=O)NC7=O)cc6)C[C@H]5C)CC4)cc3)c2[nH]1. The molecule has 2 N–H and O–H groups in total. The van der Waals surface area contributed by atoms with Crippen LogP contribution in [0.4, 0.5) is 5.69 Å². The van der Waals surface area contributed by atoms with E-state index in [0.717, 1.165) is 22.5 Å². The van der Waals surface area contributed by atoms with Gasteiger partial charge in [-0.2, -0.15) is 5.10 Å². The number of fused-ring (bicyclic) bond motifs is 1. The Labute approximate surface area is 328 Å². The van der Waals surface area contributed by atoms with Crippen molar-refractivity contribution in [3.05, 3.63) is 82.8 Å². The number of H-pyrrole nitrogens is 1. The summed E-state index contributed by atoms with van der Waals surface area (Å²) < 4.78 is 7.92. The van der Waals surface area contributed by atoms with Crippen molar-refractivity contribution in [3.8, 4) is 22.9 Å². The van der Waals surface area contributed by atoms with Crippen molar-refractivity contribution in [1.82, 2.24) is 44.7 Å². The highest BCUT2D eigenvalue weighted by Crippen LogP contribution is 2.36. The molecule has 0 bridgehead atoms. The Morgan fingerprint density at radius 2 is 1.73 bits per heavy atom. The first-order valence-electron chi connectivity index (χ1n) is 18.8. The third-order valence-corrected chi connectivity index (χ3v) is 11.2. The Bertz CT molecular complexity index is 2300. The highest BCUT2D eigenvalue weighted by Gasteiger charge is 2.31. The maximum absolute atomic E-state index is 13.5. The second-order valence-corrected chi connectivity index (χ2v) is 15.1. The molecular formula is C40H43ClN10O5. The molecule has 3 aromatic heterocycles. The van der Waals surface area contributed by atoms with E-state index >= 15 is 0 Å². The first kappa shape index (κ1) is 37.1. The molecule has 3 aliphatic heterocycles. The summed E-state index contributed by atoms with van der Waals surface area (Å²) in [4.78, 5) is 71.2. The smallest absolute Gasteiger partial charge is 0.253 e. The molecule has 0 radical (unpaired) electrons. The Hall–Kier alpha value is -5.80. The number of nitrogens with zero attached hydrogens (tertiary/aromatic N) is 8. The van der Waals surface area contributed by atoms with Crippen molar-refractivity contribution in [2.75, 3.05) is 57.3 Å². The Morgan fingerprint density at radius 3 is 2.41 bits per heavy atom. The summed E-state index contributed by atoms with van der Waals surface area (Å²) in [5, 5.41) is 7.15. The maximum Gasteiger partial charge on any atom is 0.253 e. The number of pyridine rings is 1. The van der Waals surface area contributed by atoms with Crippen molar-refractivity contribution in [2.45, 2.75) is 38.6 Å². The fourth-order valence-corrected chi connectivity index (χ4v) is 8.00. The lowest BCUT2D eigenvalue weighted by atomic mass is 9.90. The van der Waals surface area contributed by atoms with Gasteiger partial charge in [0.1, 0.15) is 22.1 Å². The van der Waals surface area contributed by atoms with Gasteiger partial charge in [0.15, 0.2) is 11.4 Å². The van der Waals surface area contributed by atoms with Crippen molar-refractivity contribution in [2.24, 2.45) is 7.05 Å². The number of hydrogen-bond acceptors (Lipinski definition) is 10. The molecule has 6 heterocycles. The molecule has 15 nitrogen and oxygen atoms in total. The van der Waals surface area contributed by atoms with E-state index in [1.807, 2.05) is 54.2 Å². The number of rotatable bonds is 8. The van der Waals surface area contributed by atoms with Crippen molar-refractivity contribution in [3.63, 3.8) is 0 Å². The van der Waals surface area contributed by atoms with E-state index in [-0.39, 0.29) is 35.6 Å². The van der Waals surface area contributed by atoms with Crippen LogP contribution in [-0.2, 0) is 21.4 Å². The van der Waals surface area contributed by atoms with Crippen LogP contribution < -0.4 is 15.0 Å². The molecule has 0 saturated carbocycles. The second-order valence-electron chi connectivity index (χ2n) is 14.7. The predicted octanol–water partition coefficient (Wildman–Crippen LogP) is 4.13. The number of aromatic nitrogens is 5. The normalized spacial score (nSPS) is 19.4. The van der Waals surface area contributed by atoms with Crippen LogP contribution in [0.1, 0.15) is 47.3 Å². The molecule has 3 fully saturated rings. The van der Waals surface area contributed by atoms with Gasteiger partial charge in [-0.25, -0.2) is 9.97 Å². The number of aryl methyl sites for hydroxylation is 2. The van der Waals surface area contributed by atoms with E-state index in [0.29, 0.717) is 104 Å². The number of piperazine rings is 2. The topological polar surface area (TPSA) is 162 Å². The fraction of sp³-hybridized carbons (Fsp3) is 0.375. The molecule has 2 aromatic carbocycles. The number of imide groups is 1. The zero-order valence-electron chi connectivity index (χ0n) is 31.5. The van der Waals surface area contributed by atoms with Gasteiger partial charge in [0, 0.05) is 82.8 Å². The number of amides is 4. The molecule has 16 heteroatoms. The average molecular weight is 779 g/mol. The van der Waals surface area contributed by atoms with Gasteiger partial charge in [0.2, 0.25) is 17.7 Å². The molecule has 8 rings (SSSR count). The van der Waals surface area contributed by atoms with Gasteiger partial charge >= 0.3 is 0 Å². The molecule has 0 unspecified atom stereocenters. The van der Waals surface area contributed by atoms with Crippen LogP contribution in [0, 0.1) is 6.92 Å². The van der Waals surface area contributed by atoms with Crippen LogP contribution in [-0.4, -0.2) is 121 Å². The number of anilines is 1. The van der Waals surface area contributed by atoms with Crippen molar-refractivity contribution in [1.29, 1.82) is 0 Å². The zero-order chi connectivity index (χ0) is 39.1. The van der Waals surface area contributed by atoms with Crippen LogP contribution in [0.2, 0.25) is 5.02 Å². The van der Waals surface area contributed by atoms with Gasteiger partial charge in [-0.05, 0) is 62.2 Å². The van der Waals surface area contributed by atoms with E-state index in [9.17, 15) is 19.2 Å². The van der Waals surface area contributed by atoms with E-state index in [1.54, 1.807) is 28.9 Å². The number of carbonyl (C=O) groups is 4. The molecule has 56 heavy (non-hydrogen) atoms. The Kier molecular flexibility index (Phi) is 10.2. The number of imidazole rings is 1. The van der Waals surface area contributed by atoms with Gasteiger partial charge in [0.25, 0.3) is 5.91 Å². The monoisotopic (exact) mass is 778 g/mol. The zero-order valence-corrected chi connectivity index (χ0v) is 32.3. The predicted molar refractivity (Wildman–Crippen MR) is 210 cm³/mol. The summed E-state index contributed by atoms with van der Waals surface area (Å²) in [6.07, 6.45) is 4.25. The molecule has 4 amide bonds. The number of benzene rings is 2. The number of ether oxygens (including phenoxy) is 1. The number of aromatic amines is 1. The molecule has 0 spiro atoms. The summed E-state index contributed by atoms with van der Waals surface area (Å²) in [7, 11) is 1.85. The number of piperidine rings is 1. The standard InChI is InChI=1S/C40H43ClN10O5/c1-24-21-50(28-8-4-26(5-9-28)30-12-13-33(52)43-39(30)54)18-19-51(24)34(53)23-48-14-16-49(17-15-48)40(55)27-6-10-29(11-7-27)56-36-32(41)20-42-38-35(36)44-37(45-38)31-22-47(3)46-25(31)2/h4-11,20,22,24,30H,12-19,21,23H2,1-3H3,(H,42,44,45)(H,43,52,54)/t24-,30+/m1/s1. The minimum absolute atomic E-state index is 0.0227. The number of halogens is 1. The Balaban J connectivity index is 0.817. The highest BCUT2D eigenvalue weighted by atomic mass is 35.5. The van der Waals surface area contributed by atoms with Gasteiger partial charge in [-0.1, -0.05) is 23.7 Å². The van der Waals surface area contributed by atoms with E-state index in [1.165, 1.54) is 6.20 Å². The van der Waals surface area contributed by atoms with Crippen molar-refractivity contribution >= 4 is 52.1 Å². The van der Waals surface area contributed by atoms with Crippen LogP contribution in [0.5, 0.6) is 11.5 Å². The van der Waals surface area contributed by atoms with Crippen LogP contribution in [0.15, 0.2) is 60.9 Å². The number of hydrogen-bond donors (Lipinski definition) is 2. The molecule has 3 aliphatic rings. The summed E-state index contributed by atoms with van der Waals surface area (Å²) >= 11 is 6.52. The lowest BCUT2D eigenvalue weighted by molar-refractivity contribution is -0.136. The first-order chi connectivity index (χ1) is 27.0. The van der Waals surface area contributed by atoms with Crippen LogP contribution in [0.25, 0.3) is 22.6 Å². The highest BCUT2D eigenvalue weighted by molar-refractivity contribution is 6.32. The summed E-state index contributed by atoms with van der Waals surface area (Å²) in [6, 6.07) is 14.9. The summed E-state index contributed by atoms with van der Waals surface area (Å²) in [5.41, 5.74) is 5.18. The number of carbonyl (C=O) groups excluding carboxylic acids is 4. The first-order valence-corrected chi connectivity index (χ1v) is 19.2. The molecule has 2 atom stereocenters. The van der Waals surface area contributed by atoms with Crippen molar-refractivity contribution < 1.29 is 23.9 Å². The van der Waals surface area contributed by atoms with Crippen LogP contribution >= 0.6 is 11.6 Å². The lowest BCUT2D eigenvalue weighted by Crippen LogP contribution is -2.57. The molecule has 290 valence electrons. The quantitative estimate of drug-likeness (QED) is 0.219. The number of nitrogens with one attached hydrogen (secondary N) is 2. The minimum Gasteiger partial charge on any atom is -0.453 e. The van der Waals surface area contributed by atoms with E-state index in [2.05, 4.69) is 42.1 Å². The maximum atomic E-state index is 13.5. The summed E-state index contributed by atoms with van der Waals surface area (Å²) in [6.45, 7) is 8.55. The second kappa shape index (κ2) is 15.4. The molecular weight excluding hydrogens is 736 g/mol. The molecule has 3 saturated heterocycles. The minimum atomic E-state index is -0.311. The lowest BCUT2D eigenvalue weighted by Gasteiger charge is -2.42. The average Bonchev–Trinajstić information content (AvgIpc) is 3.78. The van der Waals surface area contributed by atoms with Gasteiger partial charge in [-0.3, -0.25) is 34.1 Å². The van der Waals surface area contributed by atoms with Gasteiger partial charge in [0.05, 0.1) is 29.9 Å². The van der Waals surface area contributed by atoms with Gasteiger partial charge in [-0.15, -0.1) is 0 Å². The third kappa shape index (κ3) is 7.56. The largest absolute Gasteiger partial charge is 0.453 e. The van der Waals surface area contributed by atoms with E-state index in [4.69, 9.17) is 16.3 Å². The fourth-order valence-electron chi connectivity index (χ4n) is 7.82. The Morgan fingerprint density at radius 1 is 0.982 bits per heavy atom. The summed E-state index contributed by atoms with van der Waals surface area (Å²) in [5.74, 6) is 0.744.